The Labute approximate surface area is 149 Å². The predicted molar refractivity (Wildman–Crippen MR) is 99.6 cm³/mol. The molecule has 5 nitrogen and oxygen atoms in total. The molecule has 25 heavy (non-hydrogen) atoms. The number of benzene rings is 1. The number of hydrogen-bond acceptors (Lipinski definition) is 5. The van der Waals surface area contributed by atoms with E-state index in [1.165, 1.54) is 18.4 Å². The normalized spacial score (nSPS) is 10.7. The van der Waals surface area contributed by atoms with Gasteiger partial charge in [-0.05, 0) is 38.5 Å². The molecule has 0 atom stereocenters. The summed E-state index contributed by atoms with van der Waals surface area (Å²) in [6.45, 7) is 5.61. The van der Waals surface area contributed by atoms with Crippen LogP contribution in [-0.4, -0.2) is 24.0 Å². The largest absolute Gasteiger partial charge is 0.465 e. The maximum absolute atomic E-state index is 12.9. The molecule has 6 heteroatoms. The van der Waals surface area contributed by atoms with Gasteiger partial charge in [0.05, 0.1) is 23.8 Å². The van der Waals surface area contributed by atoms with Gasteiger partial charge >= 0.3 is 5.97 Å². The third-order valence-corrected chi connectivity index (χ3v) is 5.21. The minimum atomic E-state index is -0.451. The van der Waals surface area contributed by atoms with E-state index in [1.54, 1.807) is 6.07 Å². The maximum Gasteiger partial charge on any atom is 0.341 e. The number of para-hydroxylation sites is 1. The number of nitrogens with zero attached hydrogens (tertiary/aromatic N) is 1. The number of nitrogens with one attached hydrogen (secondary N) is 1. The minimum absolute atomic E-state index is 0.270. The number of ether oxygens (including phenoxy) is 1. The van der Waals surface area contributed by atoms with E-state index in [9.17, 15) is 9.59 Å². The lowest BCUT2D eigenvalue weighted by Gasteiger charge is -2.09. The highest BCUT2D eigenvalue weighted by molar-refractivity contribution is 7.16. The molecule has 0 spiro atoms. The Morgan fingerprint density at radius 1 is 1.16 bits per heavy atom. The molecule has 0 aliphatic carbocycles. The number of pyridine rings is 1. The average molecular weight is 354 g/mol. The molecule has 3 rings (SSSR count). The lowest BCUT2D eigenvalue weighted by Crippen LogP contribution is -2.15. The van der Waals surface area contributed by atoms with E-state index >= 15 is 0 Å². The van der Waals surface area contributed by atoms with Gasteiger partial charge < -0.3 is 10.1 Å². The number of fused-ring (bicyclic) bond motifs is 1. The van der Waals surface area contributed by atoms with Gasteiger partial charge in [0.15, 0.2) is 0 Å². The van der Waals surface area contributed by atoms with Gasteiger partial charge in [-0.25, -0.2) is 4.79 Å². The first kappa shape index (κ1) is 17.1. The fourth-order valence-corrected chi connectivity index (χ4v) is 3.77. The number of methoxy groups -OCH3 is 1. The van der Waals surface area contributed by atoms with Crippen LogP contribution in [0, 0.1) is 20.8 Å². The second-order valence-corrected chi connectivity index (χ2v) is 6.99. The van der Waals surface area contributed by atoms with Crippen LogP contribution in [0.1, 0.15) is 36.9 Å². The molecule has 0 aliphatic heterocycles. The second kappa shape index (κ2) is 6.64. The number of anilines is 1. The number of carbonyl (C=O) groups is 2. The van der Waals surface area contributed by atoms with E-state index < -0.39 is 5.97 Å². The smallest absolute Gasteiger partial charge is 0.341 e. The van der Waals surface area contributed by atoms with Crippen LogP contribution in [0.15, 0.2) is 30.3 Å². The first-order valence-corrected chi connectivity index (χ1v) is 8.60. The van der Waals surface area contributed by atoms with Crippen molar-refractivity contribution in [3.8, 4) is 0 Å². The predicted octanol–water partition coefficient (Wildman–Crippen LogP) is 4.26. The maximum atomic E-state index is 12.9. The Bertz CT molecular complexity index is 992. The zero-order valence-electron chi connectivity index (χ0n) is 14.5. The van der Waals surface area contributed by atoms with Crippen molar-refractivity contribution in [2.45, 2.75) is 20.8 Å². The number of hydrogen-bond donors (Lipinski definition) is 1. The van der Waals surface area contributed by atoms with Crippen molar-refractivity contribution in [2.24, 2.45) is 0 Å². The standard InChI is InChI=1S/C19H18N2O3S/c1-10-9-14(13-7-5-6-8-15(13)20-10)17(22)21-18-16(19(23)24-4)11(2)12(3)25-18/h5-9H,1-4H3,(H,21,22). The van der Waals surface area contributed by atoms with Crippen molar-refractivity contribution in [3.63, 3.8) is 0 Å². The number of thiophene rings is 1. The highest BCUT2D eigenvalue weighted by atomic mass is 32.1. The van der Waals surface area contributed by atoms with Gasteiger partial charge in [0.2, 0.25) is 0 Å². The molecule has 128 valence electrons. The third-order valence-electron chi connectivity index (χ3n) is 4.09. The Morgan fingerprint density at radius 3 is 2.60 bits per heavy atom. The number of rotatable bonds is 3. The van der Waals surface area contributed by atoms with E-state index in [0.717, 1.165) is 27.0 Å². The fraction of sp³-hybridized carbons (Fsp3) is 0.211. The Morgan fingerprint density at radius 2 is 1.88 bits per heavy atom. The molecule has 0 saturated carbocycles. The molecule has 0 unspecified atom stereocenters. The van der Waals surface area contributed by atoms with Crippen molar-refractivity contribution >= 4 is 39.1 Å². The summed E-state index contributed by atoms with van der Waals surface area (Å²) in [6.07, 6.45) is 0. The van der Waals surface area contributed by atoms with Crippen LogP contribution in [0.2, 0.25) is 0 Å². The molecule has 1 N–H and O–H groups in total. The van der Waals surface area contributed by atoms with Gasteiger partial charge in [0.25, 0.3) is 5.91 Å². The topological polar surface area (TPSA) is 68.3 Å². The van der Waals surface area contributed by atoms with Gasteiger partial charge in [-0.2, -0.15) is 0 Å². The number of esters is 1. The van der Waals surface area contributed by atoms with Crippen LogP contribution in [-0.2, 0) is 4.74 Å². The Hall–Kier alpha value is -2.73. The van der Waals surface area contributed by atoms with Crippen LogP contribution >= 0.6 is 11.3 Å². The third kappa shape index (κ3) is 3.13. The van der Waals surface area contributed by atoms with Crippen molar-refractivity contribution < 1.29 is 14.3 Å². The highest BCUT2D eigenvalue weighted by Gasteiger charge is 2.22. The van der Waals surface area contributed by atoms with Gasteiger partial charge in [-0.3, -0.25) is 9.78 Å². The molecule has 2 aromatic heterocycles. The summed E-state index contributed by atoms with van der Waals surface area (Å²) in [4.78, 5) is 30.4. The number of aryl methyl sites for hydroxylation is 2. The van der Waals surface area contributed by atoms with Crippen molar-refractivity contribution in [1.29, 1.82) is 0 Å². The molecule has 0 bridgehead atoms. The second-order valence-electron chi connectivity index (χ2n) is 5.76. The van der Waals surface area contributed by atoms with Gasteiger partial charge in [0, 0.05) is 16.0 Å². The first-order chi connectivity index (χ1) is 11.9. The molecule has 0 fully saturated rings. The van der Waals surface area contributed by atoms with E-state index in [1.807, 2.05) is 45.0 Å². The summed E-state index contributed by atoms with van der Waals surface area (Å²) in [5.41, 5.74) is 3.29. The minimum Gasteiger partial charge on any atom is -0.465 e. The summed E-state index contributed by atoms with van der Waals surface area (Å²) in [6, 6.07) is 9.25. The number of aromatic nitrogens is 1. The molecule has 1 amide bonds. The summed E-state index contributed by atoms with van der Waals surface area (Å²) < 4.78 is 4.85. The molecular weight excluding hydrogens is 336 g/mol. The van der Waals surface area contributed by atoms with Crippen LogP contribution in [0.4, 0.5) is 5.00 Å². The average Bonchev–Trinajstić information content (AvgIpc) is 2.87. The fourth-order valence-electron chi connectivity index (χ4n) is 2.73. The summed E-state index contributed by atoms with van der Waals surface area (Å²) >= 11 is 1.37. The Balaban J connectivity index is 2.05. The molecule has 0 saturated heterocycles. The van der Waals surface area contributed by atoms with E-state index in [2.05, 4.69) is 10.3 Å². The van der Waals surface area contributed by atoms with Crippen molar-refractivity contribution in [1.82, 2.24) is 4.98 Å². The lowest BCUT2D eigenvalue weighted by molar-refractivity contribution is 0.0601. The van der Waals surface area contributed by atoms with Crippen LogP contribution in [0.3, 0.4) is 0 Å². The van der Waals surface area contributed by atoms with Crippen molar-refractivity contribution in [2.75, 3.05) is 12.4 Å². The summed E-state index contributed by atoms with van der Waals surface area (Å²) in [5.74, 6) is -0.721. The zero-order valence-corrected chi connectivity index (χ0v) is 15.3. The molecule has 0 aliphatic rings. The van der Waals surface area contributed by atoms with Gasteiger partial charge in [0.1, 0.15) is 5.00 Å². The van der Waals surface area contributed by atoms with Crippen LogP contribution < -0.4 is 5.32 Å². The SMILES string of the molecule is COC(=O)c1c(NC(=O)c2cc(C)nc3ccccc23)sc(C)c1C. The van der Waals surface area contributed by atoms with Gasteiger partial charge in [-0.15, -0.1) is 11.3 Å². The van der Waals surface area contributed by atoms with Gasteiger partial charge in [-0.1, -0.05) is 18.2 Å². The van der Waals surface area contributed by atoms with E-state index in [4.69, 9.17) is 4.74 Å². The number of amides is 1. The molecule has 3 aromatic rings. The van der Waals surface area contributed by atoms with Crippen LogP contribution in [0.25, 0.3) is 10.9 Å². The number of carbonyl (C=O) groups excluding carboxylic acids is 2. The molecule has 2 heterocycles. The lowest BCUT2D eigenvalue weighted by atomic mass is 10.1. The molecule has 0 radical (unpaired) electrons. The monoisotopic (exact) mass is 354 g/mol. The van der Waals surface area contributed by atoms with Crippen LogP contribution in [0.5, 0.6) is 0 Å². The summed E-state index contributed by atoms with van der Waals surface area (Å²) in [7, 11) is 1.33. The van der Waals surface area contributed by atoms with E-state index in [-0.39, 0.29) is 5.91 Å². The molecular formula is C19H18N2O3S. The molecule has 1 aromatic carbocycles. The quantitative estimate of drug-likeness (QED) is 0.714. The Kier molecular flexibility index (Phi) is 4.55. The zero-order chi connectivity index (χ0) is 18.1. The van der Waals surface area contributed by atoms with E-state index in [0.29, 0.717) is 16.1 Å². The first-order valence-electron chi connectivity index (χ1n) is 7.78. The summed E-state index contributed by atoms with van der Waals surface area (Å²) in [5, 5.41) is 4.15. The van der Waals surface area contributed by atoms with Crippen molar-refractivity contribution in [3.05, 3.63) is 57.6 Å². The highest BCUT2D eigenvalue weighted by Crippen LogP contribution is 2.33.